The zero-order chi connectivity index (χ0) is 23.6. The molecule has 0 saturated carbocycles. The van der Waals surface area contributed by atoms with Crippen LogP contribution in [0.4, 0.5) is 0 Å². The molecule has 31 heavy (non-hydrogen) atoms. The normalized spacial score (nSPS) is 16.0. The zero-order valence-corrected chi connectivity index (χ0v) is 20.4. The number of aliphatic hydroxyl groups excluding tert-OH is 1. The first kappa shape index (κ1) is 26.4. The predicted octanol–water partition coefficient (Wildman–Crippen LogP) is 5.98. The molecule has 0 aliphatic rings. The quantitative estimate of drug-likeness (QED) is 0.358. The van der Waals surface area contributed by atoms with Gasteiger partial charge in [0, 0.05) is 29.7 Å². The summed E-state index contributed by atoms with van der Waals surface area (Å²) in [5, 5.41) is 10.5. The minimum atomic E-state index is -0.492. The van der Waals surface area contributed by atoms with Gasteiger partial charge in [-0.1, -0.05) is 60.1 Å². The summed E-state index contributed by atoms with van der Waals surface area (Å²) in [6.07, 6.45) is 13.5. The van der Waals surface area contributed by atoms with Crippen molar-refractivity contribution in [2.75, 3.05) is 7.11 Å². The number of aromatic nitrogens is 1. The van der Waals surface area contributed by atoms with Crippen LogP contribution >= 0.6 is 0 Å². The molecular formula is C27H39NO3. The summed E-state index contributed by atoms with van der Waals surface area (Å²) < 4.78 is 5.16. The molecule has 0 radical (unpaired) electrons. The molecule has 0 aliphatic heterocycles. The van der Waals surface area contributed by atoms with Crippen molar-refractivity contribution in [3.63, 3.8) is 0 Å². The van der Waals surface area contributed by atoms with Crippen molar-refractivity contribution in [1.82, 2.24) is 4.98 Å². The Bertz CT molecular complexity index is 942. The SMILES string of the molecule is C/C=C(C)/C=C(\C)C(O)C(C)/C=C(C)/C=C/C/C(C)=C/Cc1[nH]c(OC)cc(=O)c1C. The van der Waals surface area contributed by atoms with Gasteiger partial charge in [-0.3, -0.25) is 4.79 Å². The Kier molecular flexibility index (Phi) is 11.1. The van der Waals surface area contributed by atoms with Crippen LogP contribution in [0.15, 0.2) is 69.6 Å². The van der Waals surface area contributed by atoms with Crippen LogP contribution in [0.1, 0.15) is 59.2 Å². The number of H-pyrrole nitrogens is 1. The molecule has 0 saturated heterocycles. The van der Waals surface area contributed by atoms with Crippen molar-refractivity contribution < 1.29 is 9.84 Å². The Morgan fingerprint density at radius 1 is 1.23 bits per heavy atom. The highest BCUT2D eigenvalue weighted by atomic mass is 16.5. The number of ether oxygens (including phenoxy) is 1. The van der Waals surface area contributed by atoms with E-state index in [1.807, 2.05) is 46.8 Å². The van der Waals surface area contributed by atoms with Gasteiger partial charge in [-0.25, -0.2) is 0 Å². The Morgan fingerprint density at radius 3 is 2.52 bits per heavy atom. The van der Waals surface area contributed by atoms with Crippen molar-refractivity contribution in [2.45, 2.75) is 67.4 Å². The lowest BCUT2D eigenvalue weighted by atomic mass is 9.95. The molecule has 0 aliphatic carbocycles. The van der Waals surface area contributed by atoms with Crippen LogP contribution in [0, 0.1) is 12.8 Å². The Balaban J connectivity index is 2.73. The molecule has 2 unspecified atom stereocenters. The second-order valence-electron chi connectivity index (χ2n) is 8.30. The fourth-order valence-electron chi connectivity index (χ4n) is 3.26. The molecule has 1 aromatic rings. The van der Waals surface area contributed by atoms with E-state index in [0.717, 1.165) is 34.4 Å². The number of pyridine rings is 1. The number of nitrogens with one attached hydrogen (secondary N) is 1. The smallest absolute Gasteiger partial charge is 0.194 e. The van der Waals surface area contributed by atoms with Crippen molar-refractivity contribution >= 4 is 0 Å². The van der Waals surface area contributed by atoms with Gasteiger partial charge in [-0.05, 0) is 53.5 Å². The highest BCUT2D eigenvalue weighted by Gasteiger charge is 2.13. The molecule has 2 N–H and O–H groups in total. The van der Waals surface area contributed by atoms with Crippen molar-refractivity contribution in [2.24, 2.45) is 5.92 Å². The van der Waals surface area contributed by atoms with Crippen molar-refractivity contribution in [3.05, 3.63) is 86.3 Å². The summed E-state index contributed by atoms with van der Waals surface area (Å²) in [4.78, 5) is 15.2. The van der Waals surface area contributed by atoms with E-state index in [2.05, 4.69) is 43.1 Å². The van der Waals surface area contributed by atoms with Gasteiger partial charge in [-0.2, -0.15) is 0 Å². The first-order valence-electron chi connectivity index (χ1n) is 10.9. The van der Waals surface area contributed by atoms with Crippen LogP contribution in [0.5, 0.6) is 5.88 Å². The molecule has 4 nitrogen and oxygen atoms in total. The number of hydrogen-bond donors (Lipinski definition) is 2. The lowest BCUT2D eigenvalue weighted by Gasteiger charge is -2.17. The van der Waals surface area contributed by atoms with E-state index >= 15 is 0 Å². The minimum absolute atomic E-state index is 0.0143. The molecule has 4 heteroatoms. The van der Waals surface area contributed by atoms with E-state index in [9.17, 15) is 9.90 Å². The third-order valence-corrected chi connectivity index (χ3v) is 5.45. The molecule has 0 fully saturated rings. The average molecular weight is 426 g/mol. The first-order valence-corrected chi connectivity index (χ1v) is 10.9. The van der Waals surface area contributed by atoms with Gasteiger partial charge >= 0.3 is 0 Å². The number of hydrogen-bond acceptors (Lipinski definition) is 3. The second-order valence-corrected chi connectivity index (χ2v) is 8.30. The fraction of sp³-hybridized carbons (Fsp3) is 0.444. The predicted molar refractivity (Wildman–Crippen MR) is 132 cm³/mol. The fourth-order valence-corrected chi connectivity index (χ4v) is 3.26. The van der Waals surface area contributed by atoms with Crippen LogP contribution in [0.2, 0.25) is 0 Å². The molecule has 0 aromatic carbocycles. The third-order valence-electron chi connectivity index (χ3n) is 5.45. The summed E-state index contributed by atoms with van der Waals surface area (Å²) in [5.74, 6) is 0.523. The van der Waals surface area contributed by atoms with Gasteiger partial charge in [0.1, 0.15) is 0 Å². The van der Waals surface area contributed by atoms with E-state index in [0.29, 0.717) is 12.3 Å². The van der Waals surface area contributed by atoms with Gasteiger partial charge in [0.25, 0.3) is 0 Å². The maximum absolute atomic E-state index is 12.0. The number of rotatable bonds is 10. The molecule has 0 spiro atoms. The third kappa shape index (κ3) is 8.97. The number of aromatic amines is 1. The monoisotopic (exact) mass is 425 g/mol. The highest BCUT2D eigenvalue weighted by Crippen LogP contribution is 2.18. The van der Waals surface area contributed by atoms with Crippen molar-refractivity contribution in [1.29, 1.82) is 0 Å². The van der Waals surface area contributed by atoms with Crippen LogP contribution in [0.3, 0.4) is 0 Å². The first-order chi connectivity index (χ1) is 14.6. The molecule has 0 amide bonds. The molecule has 170 valence electrons. The summed E-state index contributed by atoms with van der Waals surface area (Å²) in [5.41, 5.74) is 6.06. The van der Waals surface area contributed by atoms with Gasteiger partial charge in [0.05, 0.1) is 13.2 Å². The average Bonchev–Trinajstić information content (AvgIpc) is 2.73. The van der Waals surface area contributed by atoms with Crippen LogP contribution < -0.4 is 10.2 Å². The topological polar surface area (TPSA) is 62.3 Å². The molecule has 2 atom stereocenters. The Labute approximate surface area is 187 Å². The molecule has 0 bridgehead atoms. The summed E-state index contributed by atoms with van der Waals surface area (Å²) in [7, 11) is 1.55. The summed E-state index contributed by atoms with van der Waals surface area (Å²) >= 11 is 0. The van der Waals surface area contributed by atoms with Crippen LogP contribution in [-0.2, 0) is 6.42 Å². The maximum Gasteiger partial charge on any atom is 0.194 e. The van der Waals surface area contributed by atoms with E-state index in [1.54, 1.807) is 7.11 Å². The van der Waals surface area contributed by atoms with Crippen LogP contribution in [-0.4, -0.2) is 23.3 Å². The summed E-state index contributed by atoms with van der Waals surface area (Å²) in [6.45, 7) is 14.0. The van der Waals surface area contributed by atoms with Gasteiger partial charge < -0.3 is 14.8 Å². The van der Waals surface area contributed by atoms with Crippen LogP contribution in [0.25, 0.3) is 0 Å². The lowest BCUT2D eigenvalue weighted by molar-refractivity contribution is 0.173. The number of aliphatic hydroxyl groups is 1. The Hall–Kier alpha value is -2.59. The second kappa shape index (κ2) is 13.0. The van der Waals surface area contributed by atoms with E-state index in [4.69, 9.17) is 4.74 Å². The van der Waals surface area contributed by atoms with Gasteiger partial charge in [-0.15, -0.1) is 0 Å². The van der Waals surface area contributed by atoms with Gasteiger partial charge in [0.2, 0.25) is 0 Å². The Morgan fingerprint density at radius 2 is 1.90 bits per heavy atom. The maximum atomic E-state index is 12.0. The molecule has 1 rings (SSSR count). The summed E-state index contributed by atoms with van der Waals surface area (Å²) in [6, 6.07) is 1.48. The van der Waals surface area contributed by atoms with E-state index in [1.165, 1.54) is 11.6 Å². The van der Waals surface area contributed by atoms with Crippen molar-refractivity contribution in [3.8, 4) is 5.88 Å². The van der Waals surface area contributed by atoms with E-state index in [-0.39, 0.29) is 11.3 Å². The molecular weight excluding hydrogens is 386 g/mol. The molecule has 1 heterocycles. The standard InChI is InChI=1S/C27H39NO3/c1-9-18(2)15-21(5)27(30)22(6)16-20(4)12-10-11-19(3)13-14-24-23(7)25(29)17-26(28-24)31-8/h9-10,12-13,15-17,22,27,30H,11,14H2,1-8H3,(H,28,29)/b12-10+,18-9+,19-13+,20-16+,21-15+. The highest BCUT2D eigenvalue weighted by molar-refractivity contribution is 5.28. The molecule has 1 aromatic heterocycles. The number of methoxy groups -OCH3 is 1. The lowest BCUT2D eigenvalue weighted by Crippen LogP contribution is -2.17. The zero-order valence-electron chi connectivity index (χ0n) is 20.4. The number of allylic oxidation sites excluding steroid dienone is 8. The minimum Gasteiger partial charge on any atom is -0.482 e. The van der Waals surface area contributed by atoms with E-state index < -0.39 is 6.10 Å². The largest absolute Gasteiger partial charge is 0.482 e. The van der Waals surface area contributed by atoms with Gasteiger partial charge in [0.15, 0.2) is 11.3 Å².